The summed E-state index contributed by atoms with van der Waals surface area (Å²) in [6.45, 7) is 7.34. The molecule has 6 heteroatoms. The van der Waals surface area contributed by atoms with Crippen molar-refractivity contribution in [2.45, 2.75) is 51.2 Å². The normalized spacial score (nSPS) is 27.7. The van der Waals surface area contributed by atoms with Crippen molar-refractivity contribution in [2.24, 2.45) is 0 Å². The quantitative estimate of drug-likeness (QED) is 0.756. The molecule has 3 aliphatic rings. The van der Waals surface area contributed by atoms with Crippen molar-refractivity contribution in [1.82, 2.24) is 19.7 Å². The van der Waals surface area contributed by atoms with Gasteiger partial charge in [0.15, 0.2) is 0 Å². The maximum atomic E-state index is 12.8. The van der Waals surface area contributed by atoms with E-state index in [1.165, 1.54) is 24.8 Å². The second kappa shape index (κ2) is 7.22. The number of rotatable bonds is 2. The Morgan fingerprint density at radius 1 is 1.28 bits per heavy atom. The summed E-state index contributed by atoms with van der Waals surface area (Å²) in [6.07, 6.45) is 4.70. The van der Waals surface area contributed by atoms with Gasteiger partial charge < -0.3 is 4.90 Å². The van der Waals surface area contributed by atoms with Crippen molar-refractivity contribution in [3.8, 4) is 0 Å². The number of carbonyl (C=O) groups excluding carboxylic acids is 1. The number of carbonyl (C=O) groups is 1. The Hall–Kier alpha value is -1.17. The molecule has 1 unspecified atom stereocenters. The van der Waals surface area contributed by atoms with Crippen LogP contribution in [0.1, 0.15) is 37.4 Å². The lowest BCUT2D eigenvalue weighted by Crippen LogP contribution is -2.59. The molecule has 0 N–H and O–H groups in total. The number of hydrogen-bond donors (Lipinski definition) is 0. The number of pyridine rings is 1. The van der Waals surface area contributed by atoms with Crippen LogP contribution in [0.3, 0.4) is 0 Å². The van der Waals surface area contributed by atoms with E-state index >= 15 is 0 Å². The maximum Gasteiger partial charge on any atom is 0.236 e. The molecule has 0 spiro atoms. The molecule has 0 aliphatic carbocycles. The van der Waals surface area contributed by atoms with Gasteiger partial charge in [-0.15, -0.1) is 0 Å². The van der Waals surface area contributed by atoms with Gasteiger partial charge in [0.25, 0.3) is 0 Å². The molecule has 2 saturated heterocycles. The van der Waals surface area contributed by atoms with Gasteiger partial charge in [0.1, 0.15) is 5.15 Å². The number of halogens is 1. The van der Waals surface area contributed by atoms with Gasteiger partial charge in [-0.1, -0.05) is 24.1 Å². The monoisotopic (exact) mass is 362 g/mol. The Morgan fingerprint density at radius 3 is 3.04 bits per heavy atom. The summed E-state index contributed by atoms with van der Waals surface area (Å²) in [6, 6.07) is 5.13. The van der Waals surface area contributed by atoms with Crippen molar-refractivity contribution in [2.75, 3.05) is 32.7 Å². The predicted molar refractivity (Wildman–Crippen MR) is 98.6 cm³/mol. The van der Waals surface area contributed by atoms with E-state index in [-0.39, 0.29) is 5.91 Å². The van der Waals surface area contributed by atoms with Gasteiger partial charge in [-0.05, 0) is 31.4 Å². The minimum Gasteiger partial charge on any atom is -0.339 e. The summed E-state index contributed by atoms with van der Waals surface area (Å²) < 4.78 is 0. The Bertz CT molecular complexity index is 652. The lowest BCUT2D eigenvalue weighted by molar-refractivity contribution is -0.137. The van der Waals surface area contributed by atoms with Gasteiger partial charge in [-0.2, -0.15) is 0 Å². The van der Waals surface area contributed by atoms with E-state index in [4.69, 9.17) is 11.6 Å². The molecule has 3 aliphatic heterocycles. The Kier molecular flexibility index (Phi) is 4.98. The largest absolute Gasteiger partial charge is 0.339 e. The lowest BCUT2D eigenvalue weighted by atomic mass is 9.94. The fraction of sp³-hybridized carbons (Fsp3) is 0.684. The van der Waals surface area contributed by atoms with Gasteiger partial charge in [0.2, 0.25) is 5.91 Å². The highest BCUT2D eigenvalue weighted by atomic mass is 35.5. The average Bonchev–Trinajstić information content (AvgIpc) is 2.62. The zero-order valence-corrected chi connectivity index (χ0v) is 15.7. The molecule has 4 heterocycles. The third-order valence-electron chi connectivity index (χ3n) is 6.06. The van der Waals surface area contributed by atoms with Crippen LogP contribution >= 0.6 is 11.6 Å². The number of nitrogens with zero attached hydrogens (tertiary/aromatic N) is 4. The van der Waals surface area contributed by atoms with Crippen LogP contribution in [-0.4, -0.2) is 70.4 Å². The molecular weight excluding hydrogens is 336 g/mol. The fourth-order valence-electron chi connectivity index (χ4n) is 4.62. The molecule has 0 radical (unpaired) electrons. The van der Waals surface area contributed by atoms with Crippen LogP contribution in [0, 0.1) is 0 Å². The van der Waals surface area contributed by atoms with E-state index in [0.29, 0.717) is 23.8 Å². The number of aromatic nitrogens is 1. The molecule has 1 aromatic heterocycles. The molecule has 0 aromatic carbocycles. The van der Waals surface area contributed by atoms with Crippen LogP contribution in [0.4, 0.5) is 0 Å². The molecule has 0 saturated carbocycles. The number of piperazine rings is 1. The summed E-state index contributed by atoms with van der Waals surface area (Å²) in [7, 11) is 0. The fourth-order valence-corrected chi connectivity index (χ4v) is 4.79. The summed E-state index contributed by atoms with van der Waals surface area (Å²) in [5.41, 5.74) is 2.29. The number of amides is 1. The highest BCUT2D eigenvalue weighted by Gasteiger charge is 2.34. The van der Waals surface area contributed by atoms with E-state index in [0.717, 1.165) is 44.8 Å². The smallest absolute Gasteiger partial charge is 0.236 e. The molecule has 5 nitrogen and oxygen atoms in total. The first-order valence-electron chi connectivity index (χ1n) is 9.50. The molecule has 0 bridgehead atoms. The Balaban J connectivity index is 1.34. The average molecular weight is 363 g/mol. The molecular formula is C19H27ClN4O. The standard InChI is InChI=1S/C19H27ClN4O/c1-14-3-2-4-16-12-23(9-10-24(14)16)19(25)13-22-8-7-17-15(11-22)5-6-18(20)21-17/h5-6,14,16H,2-4,7-13H2,1H3/t14?,16-/m0/s1. The van der Waals surface area contributed by atoms with Gasteiger partial charge in [-0.3, -0.25) is 14.6 Å². The van der Waals surface area contributed by atoms with E-state index in [1.807, 2.05) is 12.1 Å². The summed E-state index contributed by atoms with van der Waals surface area (Å²) in [5, 5.41) is 0.558. The SMILES string of the molecule is CC1CCC[C@H]2CN(C(=O)CN3CCc4nc(Cl)ccc4C3)CCN12. The zero-order valence-electron chi connectivity index (χ0n) is 15.0. The predicted octanol–water partition coefficient (Wildman–Crippen LogP) is 2.18. The molecule has 1 amide bonds. The van der Waals surface area contributed by atoms with Crippen LogP contribution in [0.2, 0.25) is 5.15 Å². The highest BCUT2D eigenvalue weighted by Crippen LogP contribution is 2.26. The van der Waals surface area contributed by atoms with Gasteiger partial charge in [-0.25, -0.2) is 4.98 Å². The molecule has 2 fully saturated rings. The second-order valence-electron chi connectivity index (χ2n) is 7.71. The number of hydrogen-bond acceptors (Lipinski definition) is 4. The van der Waals surface area contributed by atoms with Gasteiger partial charge >= 0.3 is 0 Å². The van der Waals surface area contributed by atoms with Crippen molar-refractivity contribution < 1.29 is 4.79 Å². The van der Waals surface area contributed by atoms with E-state index < -0.39 is 0 Å². The van der Waals surface area contributed by atoms with Crippen molar-refractivity contribution in [3.05, 3.63) is 28.5 Å². The van der Waals surface area contributed by atoms with Crippen LogP contribution in [0.25, 0.3) is 0 Å². The summed E-state index contributed by atoms with van der Waals surface area (Å²) in [4.78, 5) is 24.2. The van der Waals surface area contributed by atoms with E-state index in [9.17, 15) is 4.79 Å². The van der Waals surface area contributed by atoms with Crippen LogP contribution in [0.5, 0.6) is 0 Å². The third kappa shape index (κ3) is 3.69. The molecule has 1 aromatic rings. The van der Waals surface area contributed by atoms with Crippen LogP contribution in [-0.2, 0) is 17.8 Å². The number of fused-ring (bicyclic) bond motifs is 2. The molecule has 136 valence electrons. The number of piperidine rings is 1. The third-order valence-corrected chi connectivity index (χ3v) is 6.27. The molecule has 4 rings (SSSR count). The van der Waals surface area contributed by atoms with Crippen LogP contribution < -0.4 is 0 Å². The molecule has 2 atom stereocenters. The Morgan fingerprint density at radius 2 is 2.16 bits per heavy atom. The first-order chi connectivity index (χ1) is 12.1. The highest BCUT2D eigenvalue weighted by molar-refractivity contribution is 6.29. The van der Waals surface area contributed by atoms with Crippen molar-refractivity contribution >= 4 is 17.5 Å². The zero-order chi connectivity index (χ0) is 17.4. The van der Waals surface area contributed by atoms with E-state index in [2.05, 4.69) is 26.6 Å². The second-order valence-corrected chi connectivity index (χ2v) is 8.10. The minimum absolute atomic E-state index is 0.281. The molecule has 25 heavy (non-hydrogen) atoms. The van der Waals surface area contributed by atoms with Gasteiger partial charge in [0.05, 0.1) is 6.54 Å². The summed E-state index contributed by atoms with van der Waals surface area (Å²) in [5.74, 6) is 0.281. The topological polar surface area (TPSA) is 39.7 Å². The first-order valence-corrected chi connectivity index (χ1v) is 9.88. The maximum absolute atomic E-state index is 12.8. The van der Waals surface area contributed by atoms with Crippen molar-refractivity contribution in [3.63, 3.8) is 0 Å². The summed E-state index contributed by atoms with van der Waals surface area (Å²) >= 11 is 5.98. The Labute approximate surface area is 154 Å². The lowest BCUT2D eigenvalue weighted by Gasteiger charge is -2.47. The van der Waals surface area contributed by atoms with Crippen LogP contribution in [0.15, 0.2) is 12.1 Å². The van der Waals surface area contributed by atoms with Gasteiger partial charge in [0, 0.05) is 56.9 Å². The van der Waals surface area contributed by atoms with Crippen molar-refractivity contribution in [1.29, 1.82) is 0 Å². The minimum atomic E-state index is 0.281. The van der Waals surface area contributed by atoms with E-state index in [1.54, 1.807) is 0 Å². The first kappa shape index (κ1) is 17.3.